The van der Waals surface area contributed by atoms with Crippen molar-refractivity contribution < 1.29 is 28.9 Å². The molecule has 1 amide bonds. The summed E-state index contributed by atoms with van der Waals surface area (Å²) in [6, 6.07) is 10.5. The zero-order chi connectivity index (χ0) is 20.5. The van der Waals surface area contributed by atoms with Crippen LogP contribution in [0.15, 0.2) is 36.4 Å². The number of nitrogens with one attached hydrogen (secondary N) is 1. The Balaban J connectivity index is 2.05. The normalized spacial score (nSPS) is 10.4. The van der Waals surface area contributed by atoms with E-state index >= 15 is 0 Å². The first-order chi connectivity index (χ1) is 13.4. The number of carboxylic acid groups (broad SMARTS) is 1. The van der Waals surface area contributed by atoms with E-state index in [9.17, 15) is 9.59 Å². The first kappa shape index (κ1) is 21.2. The molecule has 7 nitrogen and oxygen atoms in total. The Morgan fingerprint density at radius 2 is 1.75 bits per heavy atom. The molecule has 0 saturated heterocycles. The van der Waals surface area contributed by atoms with Crippen LogP contribution in [-0.2, 0) is 9.53 Å². The monoisotopic (exact) mass is 387 g/mol. The van der Waals surface area contributed by atoms with Gasteiger partial charge in [0.05, 0.1) is 6.61 Å². The van der Waals surface area contributed by atoms with E-state index in [1.807, 2.05) is 6.07 Å². The van der Waals surface area contributed by atoms with Crippen LogP contribution in [0.4, 0.5) is 5.69 Å². The number of anilines is 1. The molecule has 2 N–H and O–H groups in total. The zero-order valence-electron chi connectivity index (χ0n) is 16.3. The van der Waals surface area contributed by atoms with Gasteiger partial charge in [0.25, 0.3) is 5.91 Å². The maximum absolute atomic E-state index is 12.6. The number of aliphatic carboxylic acids is 1. The number of methoxy groups -OCH3 is 1. The third-order valence-electron chi connectivity index (χ3n) is 3.92. The molecule has 28 heavy (non-hydrogen) atoms. The lowest BCUT2D eigenvalue weighted by Crippen LogP contribution is -2.14. The van der Waals surface area contributed by atoms with Crippen LogP contribution in [-0.4, -0.2) is 43.9 Å². The number of carboxylic acids is 1. The summed E-state index contributed by atoms with van der Waals surface area (Å²) in [7, 11) is 1.64. The Labute approximate surface area is 164 Å². The van der Waals surface area contributed by atoms with Crippen molar-refractivity contribution in [1.82, 2.24) is 0 Å². The van der Waals surface area contributed by atoms with Gasteiger partial charge in [0.2, 0.25) is 0 Å². The number of amides is 1. The molecule has 0 aliphatic heterocycles. The predicted octanol–water partition coefficient (Wildman–Crippen LogP) is 3.43. The van der Waals surface area contributed by atoms with Gasteiger partial charge in [-0.1, -0.05) is 6.07 Å². The molecular weight excluding hydrogens is 362 g/mol. The lowest BCUT2D eigenvalue weighted by Gasteiger charge is -2.13. The van der Waals surface area contributed by atoms with Crippen LogP contribution in [0.1, 0.15) is 27.9 Å². The van der Waals surface area contributed by atoms with Crippen molar-refractivity contribution in [2.75, 3.05) is 32.2 Å². The van der Waals surface area contributed by atoms with Crippen LogP contribution in [0, 0.1) is 13.8 Å². The molecule has 150 valence electrons. The molecule has 0 aromatic heterocycles. The summed E-state index contributed by atoms with van der Waals surface area (Å²) in [6.45, 7) is 4.28. The maximum atomic E-state index is 12.6. The molecule has 0 unspecified atom stereocenters. The smallest absolute Gasteiger partial charge is 0.341 e. The second-order valence-corrected chi connectivity index (χ2v) is 6.30. The van der Waals surface area contributed by atoms with Crippen molar-refractivity contribution in [3.8, 4) is 11.5 Å². The van der Waals surface area contributed by atoms with E-state index in [0.717, 1.165) is 6.42 Å². The number of carbonyl (C=O) groups excluding carboxylic acids is 1. The summed E-state index contributed by atoms with van der Waals surface area (Å²) in [6.07, 6.45) is 0.780. The summed E-state index contributed by atoms with van der Waals surface area (Å²) < 4.78 is 15.9. The lowest BCUT2D eigenvalue weighted by atomic mass is 10.0. The van der Waals surface area contributed by atoms with Crippen molar-refractivity contribution in [3.63, 3.8) is 0 Å². The molecular formula is C21H25NO6. The van der Waals surface area contributed by atoms with E-state index in [1.54, 1.807) is 51.3 Å². The summed E-state index contributed by atoms with van der Waals surface area (Å²) in [5.41, 5.74) is 2.48. The second kappa shape index (κ2) is 10.3. The number of carbonyl (C=O) groups is 2. The molecule has 2 rings (SSSR count). The average molecular weight is 387 g/mol. The van der Waals surface area contributed by atoms with Gasteiger partial charge < -0.3 is 24.6 Å². The van der Waals surface area contributed by atoms with Crippen LogP contribution in [0.25, 0.3) is 0 Å². The van der Waals surface area contributed by atoms with Gasteiger partial charge in [0, 0.05) is 37.5 Å². The van der Waals surface area contributed by atoms with Crippen molar-refractivity contribution >= 4 is 17.6 Å². The lowest BCUT2D eigenvalue weighted by molar-refractivity contribution is -0.139. The molecule has 0 bridgehead atoms. The minimum absolute atomic E-state index is 0.271. The first-order valence-corrected chi connectivity index (χ1v) is 8.89. The van der Waals surface area contributed by atoms with E-state index in [0.29, 0.717) is 47.1 Å². The number of aryl methyl sites for hydroxylation is 2. The van der Waals surface area contributed by atoms with E-state index in [2.05, 4.69) is 5.32 Å². The Hall–Kier alpha value is -3.06. The van der Waals surface area contributed by atoms with Crippen molar-refractivity contribution in [2.45, 2.75) is 20.3 Å². The molecule has 0 aliphatic carbocycles. The highest BCUT2D eigenvalue weighted by Gasteiger charge is 2.13. The maximum Gasteiger partial charge on any atom is 0.341 e. The summed E-state index contributed by atoms with van der Waals surface area (Å²) in [5.74, 6) is -0.179. The number of ether oxygens (including phenoxy) is 3. The van der Waals surface area contributed by atoms with Gasteiger partial charge in [-0.25, -0.2) is 4.79 Å². The number of rotatable bonds is 10. The van der Waals surface area contributed by atoms with Crippen molar-refractivity contribution in [3.05, 3.63) is 53.1 Å². The Morgan fingerprint density at radius 1 is 1.04 bits per heavy atom. The van der Waals surface area contributed by atoms with Gasteiger partial charge in [0.15, 0.2) is 6.61 Å². The van der Waals surface area contributed by atoms with Gasteiger partial charge in [-0.3, -0.25) is 4.79 Å². The van der Waals surface area contributed by atoms with E-state index in [1.165, 1.54) is 0 Å². The van der Waals surface area contributed by atoms with E-state index < -0.39 is 12.6 Å². The molecule has 0 heterocycles. The number of hydrogen-bond acceptors (Lipinski definition) is 5. The Kier molecular flexibility index (Phi) is 7.83. The van der Waals surface area contributed by atoms with Crippen LogP contribution >= 0.6 is 0 Å². The predicted molar refractivity (Wildman–Crippen MR) is 105 cm³/mol. The molecule has 0 spiro atoms. The third-order valence-corrected chi connectivity index (χ3v) is 3.92. The molecule has 0 atom stereocenters. The molecule has 7 heteroatoms. The minimum Gasteiger partial charge on any atom is -0.493 e. The standard InChI is InChI=1S/C21H25NO6/c1-14-10-16(11-15(2)20(14)28-13-19(23)24)21(25)22-17-6-4-7-18(12-17)27-9-5-8-26-3/h4,6-7,10-12H,5,8-9,13H2,1-3H3,(H,22,25)(H,23,24). The summed E-state index contributed by atoms with van der Waals surface area (Å²) >= 11 is 0. The summed E-state index contributed by atoms with van der Waals surface area (Å²) in [5, 5.41) is 11.6. The molecule has 2 aromatic rings. The van der Waals surface area contributed by atoms with Crippen LogP contribution in [0.2, 0.25) is 0 Å². The molecule has 0 fully saturated rings. The fourth-order valence-corrected chi connectivity index (χ4v) is 2.70. The highest BCUT2D eigenvalue weighted by molar-refractivity contribution is 6.04. The first-order valence-electron chi connectivity index (χ1n) is 8.89. The van der Waals surface area contributed by atoms with Gasteiger partial charge in [-0.15, -0.1) is 0 Å². The van der Waals surface area contributed by atoms with Crippen LogP contribution in [0.5, 0.6) is 11.5 Å². The van der Waals surface area contributed by atoms with Gasteiger partial charge in [0.1, 0.15) is 11.5 Å². The van der Waals surface area contributed by atoms with Crippen molar-refractivity contribution in [1.29, 1.82) is 0 Å². The van der Waals surface area contributed by atoms with Gasteiger partial charge in [-0.05, 0) is 49.2 Å². The van der Waals surface area contributed by atoms with Gasteiger partial charge >= 0.3 is 5.97 Å². The van der Waals surface area contributed by atoms with E-state index in [4.69, 9.17) is 19.3 Å². The Bertz CT molecular complexity index is 810. The largest absolute Gasteiger partial charge is 0.493 e. The third kappa shape index (κ3) is 6.28. The van der Waals surface area contributed by atoms with Crippen LogP contribution in [0.3, 0.4) is 0 Å². The zero-order valence-corrected chi connectivity index (χ0v) is 16.3. The van der Waals surface area contributed by atoms with Gasteiger partial charge in [-0.2, -0.15) is 0 Å². The second-order valence-electron chi connectivity index (χ2n) is 6.30. The summed E-state index contributed by atoms with van der Waals surface area (Å²) in [4.78, 5) is 23.3. The van der Waals surface area contributed by atoms with Crippen LogP contribution < -0.4 is 14.8 Å². The average Bonchev–Trinajstić information content (AvgIpc) is 2.64. The SMILES string of the molecule is COCCCOc1cccc(NC(=O)c2cc(C)c(OCC(=O)O)c(C)c2)c1. The molecule has 0 radical (unpaired) electrons. The molecule has 2 aromatic carbocycles. The Morgan fingerprint density at radius 3 is 2.39 bits per heavy atom. The molecule has 0 aliphatic rings. The fourth-order valence-electron chi connectivity index (χ4n) is 2.70. The number of hydrogen-bond donors (Lipinski definition) is 2. The van der Waals surface area contributed by atoms with Crippen molar-refractivity contribution in [2.24, 2.45) is 0 Å². The fraction of sp³-hybridized carbons (Fsp3) is 0.333. The quantitative estimate of drug-likeness (QED) is 0.607. The molecule has 0 saturated carbocycles. The number of benzene rings is 2. The highest BCUT2D eigenvalue weighted by atomic mass is 16.5. The highest BCUT2D eigenvalue weighted by Crippen LogP contribution is 2.26. The topological polar surface area (TPSA) is 94.1 Å². The minimum atomic E-state index is -1.05. The van der Waals surface area contributed by atoms with E-state index in [-0.39, 0.29) is 5.91 Å².